The summed E-state index contributed by atoms with van der Waals surface area (Å²) >= 11 is 15.5. The summed E-state index contributed by atoms with van der Waals surface area (Å²) in [7, 11) is 0. The third kappa shape index (κ3) is 4.14. The monoisotopic (exact) mass is 393 g/mol. The van der Waals surface area contributed by atoms with Crippen LogP contribution in [0, 0.1) is 0 Å². The molecule has 1 heterocycles. The van der Waals surface area contributed by atoms with E-state index in [0.717, 1.165) is 16.3 Å². The Morgan fingerprint density at radius 3 is 2.71 bits per heavy atom. The molecule has 3 aromatic rings. The Labute approximate surface area is 158 Å². The van der Waals surface area contributed by atoms with Crippen LogP contribution >= 0.6 is 46.3 Å². The van der Waals surface area contributed by atoms with Gasteiger partial charge in [0, 0.05) is 10.6 Å². The summed E-state index contributed by atoms with van der Waals surface area (Å²) in [5.41, 5.74) is 2.39. The van der Waals surface area contributed by atoms with Gasteiger partial charge in [-0.15, -0.1) is 11.8 Å². The van der Waals surface area contributed by atoms with E-state index >= 15 is 0 Å². The van der Waals surface area contributed by atoms with Gasteiger partial charge >= 0.3 is 0 Å². The molecule has 0 atom stereocenters. The smallest absolute Gasteiger partial charge is 0.257 e. The highest BCUT2D eigenvalue weighted by Gasteiger charge is 2.14. The van der Waals surface area contributed by atoms with Crippen LogP contribution in [0.3, 0.4) is 0 Å². The number of rotatable bonds is 5. The van der Waals surface area contributed by atoms with Crippen molar-refractivity contribution in [2.45, 2.75) is 10.6 Å². The van der Waals surface area contributed by atoms with Gasteiger partial charge in [-0.3, -0.25) is 4.79 Å². The summed E-state index contributed by atoms with van der Waals surface area (Å²) in [6.45, 7) is 0. The van der Waals surface area contributed by atoms with Crippen molar-refractivity contribution in [1.82, 2.24) is 0 Å². The first-order valence-electron chi connectivity index (χ1n) is 7.13. The number of thiophene rings is 1. The van der Waals surface area contributed by atoms with E-state index in [4.69, 9.17) is 23.2 Å². The number of thioether (sulfide) groups is 1. The Kier molecular flexibility index (Phi) is 5.85. The molecule has 2 nitrogen and oxygen atoms in total. The van der Waals surface area contributed by atoms with E-state index in [0.29, 0.717) is 10.6 Å². The van der Waals surface area contributed by atoms with Crippen LogP contribution in [0.4, 0.5) is 5.69 Å². The molecule has 0 aliphatic rings. The number of para-hydroxylation sites is 1. The second-order valence-corrected chi connectivity index (χ2v) is 7.55. The quantitative estimate of drug-likeness (QED) is 0.494. The van der Waals surface area contributed by atoms with Crippen LogP contribution in [0.25, 0.3) is 0 Å². The molecule has 0 spiro atoms. The summed E-state index contributed by atoms with van der Waals surface area (Å²) in [6, 6.07) is 14.8. The number of amides is 1. The van der Waals surface area contributed by atoms with Gasteiger partial charge in [-0.05, 0) is 46.7 Å². The fourth-order valence-electron chi connectivity index (χ4n) is 2.10. The maximum Gasteiger partial charge on any atom is 0.257 e. The van der Waals surface area contributed by atoms with E-state index in [9.17, 15) is 4.79 Å². The first-order valence-corrected chi connectivity index (χ1v) is 9.82. The molecule has 122 valence electrons. The summed E-state index contributed by atoms with van der Waals surface area (Å²) in [5.74, 6) is 0.583. The van der Waals surface area contributed by atoms with E-state index in [1.54, 1.807) is 41.3 Å². The van der Waals surface area contributed by atoms with Crippen LogP contribution in [-0.2, 0) is 5.75 Å². The van der Waals surface area contributed by atoms with Crippen LogP contribution in [-0.4, -0.2) is 5.91 Å². The van der Waals surface area contributed by atoms with Crippen molar-refractivity contribution >= 4 is 57.9 Å². The van der Waals surface area contributed by atoms with E-state index in [1.807, 2.05) is 24.3 Å². The zero-order chi connectivity index (χ0) is 16.9. The zero-order valence-electron chi connectivity index (χ0n) is 12.5. The molecule has 6 heteroatoms. The molecule has 3 rings (SSSR count). The largest absolute Gasteiger partial charge is 0.321 e. The Balaban J connectivity index is 1.77. The van der Waals surface area contributed by atoms with E-state index in [1.165, 1.54) is 5.56 Å². The van der Waals surface area contributed by atoms with Gasteiger partial charge in [0.2, 0.25) is 0 Å². The van der Waals surface area contributed by atoms with E-state index < -0.39 is 0 Å². The van der Waals surface area contributed by atoms with Crippen molar-refractivity contribution in [2.24, 2.45) is 0 Å². The van der Waals surface area contributed by atoms with Gasteiger partial charge in [-0.2, -0.15) is 11.3 Å². The second-order valence-electron chi connectivity index (χ2n) is 4.97. The molecule has 1 aromatic heterocycles. The number of benzene rings is 2. The topological polar surface area (TPSA) is 29.1 Å². The SMILES string of the molecule is O=C(Nc1ccccc1SCc1ccsc1)c1cccc(Cl)c1Cl. The lowest BCUT2D eigenvalue weighted by atomic mass is 10.2. The third-order valence-electron chi connectivity index (χ3n) is 3.31. The summed E-state index contributed by atoms with van der Waals surface area (Å²) < 4.78 is 0. The van der Waals surface area contributed by atoms with Gasteiger partial charge in [0.25, 0.3) is 5.91 Å². The minimum absolute atomic E-state index is 0.264. The summed E-state index contributed by atoms with van der Waals surface area (Å²) in [6.07, 6.45) is 0. The summed E-state index contributed by atoms with van der Waals surface area (Å²) in [5, 5.41) is 7.74. The Bertz CT molecular complexity index is 850. The van der Waals surface area contributed by atoms with Crippen molar-refractivity contribution in [1.29, 1.82) is 0 Å². The highest BCUT2D eigenvalue weighted by Crippen LogP contribution is 2.32. The number of hydrogen-bond acceptors (Lipinski definition) is 3. The van der Waals surface area contributed by atoms with Crippen LogP contribution < -0.4 is 5.32 Å². The van der Waals surface area contributed by atoms with Crippen molar-refractivity contribution < 1.29 is 4.79 Å². The lowest BCUT2D eigenvalue weighted by Gasteiger charge is -2.11. The molecule has 2 aromatic carbocycles. The first-order chi connectivity index (χ1) is 11.6. The molecule has 0 fully saturated rings. The maximum absolute atomic E-state index is 12.5. The van der Waals surface area contributed by atoms with Gasteiger partial charge in [0.05, 0.1) is 21.3 Å². The average molecular weight is 394 g/mol. The standard InChI is InChI=1S/C18H13Cl2NOS2/c19-14-5-3-4-13(17(14)20)18(22)21-15-6-1-2-7-16(15)24-11-12-8-9-23-10-12/h1-10H,11H2,(H,21,22). The number of hydrogen-bond donors (Lipinski definition) is 1. The van der Waals surface area contributed by atoms with Crippen molar-refractivity contribution in [3.63, 3.8) is 0 Å². The second kappa shape index (κ2) is 8.08. The van der Waals surface area contributed by atoms with Gasteiger partial charge < -0.3 is 5.32 Å². The number of carbonyl (C=O) groups excluding carboxylic acids is 1. The lowest BCUT2D eigenvalue weighted by molar-refractivity contribution is 0.102. The Morgan fingerprint density at radius 2 is 1.92 bits per heavy atom. The van der Waals surface area contributed by atoms with Crippen LogP contribution in [0.1, 0.15) is 15.9 Å². The van der Waals surface area contributed by atoms with Crippen molar-refractivity contribution in [3.05, 3.63) is 80.5 Å². The number of carbonyl (C=O) groups is 1. The predicted octanol–water partition coefficient (Wildman–Crippen LogP) is 6.60. The highest BCUT2D eigenvalue weighted by atomic mass is 35.5. The van der Waals surface area contributed by atoms with Gasteiger partial charge in [0.15, 0.2) is 0 Å². The van der Waals surface area contributed by atoms with E-state index in [-0.39, 0.29) is 10.9 Å². The molecule has 0 radical (unpaired) electrons. The molecule has 1 N–H and O–H groups in total. The van der Waals surface area contributed by atoms with E-state index in [2.05, 4.69) is 22.1 Å². The molecular formula is C18H13Cl2NOS2. The molecule has 24 heavy (non-hydrogen) atoms. The summed E-state index contributed by atoms with van der Waals surface area (Å²) in [4.78, 5) is 13.5. The van der Waals surface area contributed by atoms with Gasteiger partial charge in [0.1, 0.15) is 0 Å². The number of anilines is 1. The van der Waals surface area contributed by atoms with Crippen molar-refractivity contribution in [2.75, 3.05) is 5.32 Å². The molecule has 0 unspecified atom stereocenters. The third-order valence-corrected chi connectivity index (χ3v) is 6.00. The normalized spacial score (nSPS) is 10.6. The van der Waals surface area contributed by atoms with Crippen LogP contribution in [0.5, 0.6) is 0 Å². The molecule has 0 saturated heterocycles. The molecule has 0 saturated carbocycles. The first kappa shape index (κ1) is 17.4. The highest BCUT2D eigenvalue weighted by molar-refractivity contribution is 7.98. The van der Waals surface area contributed by atoms with Gasteiger partial charge in [-0.25, -0.2) is 0 Å². The van der Waals surface area contributed by atoms with Crippen molar-refractivity contribution in [3.8, 4) is 0 Å². The molecule has 0 aliphatic heterocycles. The van der Waals surface area contributed by atoms with Crippen LogP contribution in [0.2, 0.25) is 10.0 Å². The predicted molar refractivity (Wildman–Crippen MR) is 105 cm³/mol. The number of halogens is 2. The lowest BCUT2D eigenvalue weighted by Crippen LogP contribution is -2.13. The minimum atomic E-state index is -0.272. The average Bonchev–Trinajstić information content (AvgIpc) is 3.10. The van der Waals surface area contributed by atoms with Crippen LogP contribution in [0.15, 0.2) is 64.2 Å². The maximum atomic E-state index is 12.5. The Morgan fingerprint density at radius 1 is 1.08 bits per heavy atom. The molecular weight excluding hydrogens is 381 g/mol. The van der Waals surface area contributed by atoms with Gasteiger partial charge in [-0.1, -0.05) is 41.4 Å². The Hall–Kier alpha value is -1.46. The molecule has 0 aliphatic carbocycles. The minimum Gasteiger partial charge on any atom is -0.321 e. The zero-order valence-corrected chi connectivity index (χ0v) is 15.6. The fourth-order valence-corrected chi connectivity index (χ4v) is 4.21. The molecule has 1 amide bonds. The fraction of sp³-hybridized carbons (Fsp3) is 0.0556. The number of nitrogens with one attached hydrogen (secondary N) is 1. The molecule has 0 bridgehead atoms.